The third kappa shape index (κ3) is 5.22. The molecular formula is C24H30N4O3. The number of nitrogens with one attached hydrogen (secondary N) is 1. The van der Waals surface area contributed by atoms with Crippen LogP contribution in [0.5, 0.6) is 0 Å². The molecule has 1 aromatic carbocycles. The molecule has 0 unspecified atom stereocenters. The third-order valence-corrected chi connectivity index (χ3v) is 6.14. The topological polar surface area (TPSA) is 74.8 Å². The van der Waals surface area contributed by atoms with Gasteiger partial charge in [-0.2, -0.15) is 0 Å². The SMILES string of the molecule is Cc1ccccc1C(=O)N1CCC(C(=O)NCc2ccc(N3CCOCC3)nc2)CC1. The number of amides is 2. The summed E-state index contributed by atoms with van der Waals surface area (Å²) in [7, 11) is 0. The van der Waals surface area contributed by atoms with E-state index in [0.717, 1.165) is 48.8 Å². The van der Waals surface area contributed by atoms with Crippen LogP contribution in [0.15, 0.2) is 42.6 Å². The second-order valence-corrected chi connectivity index (χ2v) is 8.22. The Morgan fingerprint density at radius 1 is 1.06 bits per heavy atom. The van der Waals surface area contributed by atoms with Crippen molar-refractivity contribution in [3.63, 3.8) is 0 Å². The average Bonchev–Trinajstić information content (AvgIpc) is 2.83. The minimum atomic E-state index is -0.0542. The summed E-state index contributed by atoms with van der Waals surface area (Å²) in [6.07, 6.45) is 3.21. The van der Waals surface area contributed by atoms with Gasteiger partial charge in [0.1, 0.15) is 5.82 Å². The molecule has 0 aliphatic carbocycles. The molecule has 1 aromatic heterocycles. The number of carbonyl (C=O) groups excluding carboxylic acids is 2. The van der Waals surface area contributed by atoms with E-state index >= 15 is 0 Å². The predicted molar refractivity (Wildman–Crippen MR) is 119 cm³/mol. The number of pyridine rings is 1. The van der Waals surface area contributed by atoms with Crippen molar-refractivity contribution in [3.8, 4) is 0 Å². The highest BCUT2D eigenvalue weighted by molar-refractivity contribution is 5.95. The molecule has 0 atom stereocenters. The number of hydrogen-bond donors (Lipinski definition) is 1. The van der Waals surface area contributed by atoms with Gasteiger partial charge in [0.25, 0.3) is 5.91 Å². The summed E-state index contributed by atoms with van der Waals surface area (Å²) in [5.74, 6) is 1.01. The normalized spacial score (nSPS) is 17.5. The Balaban J connectivity index is 1.24. The Bertz CT molecular complexity index is 901. The van der Waals surface area contributed by atoms with Crippen LogP contribution in [-0.2, 0) is 16.1 Å². The summed E-state index contributed by atoms with van der Waals surface area (Å²) in [6, 6.07) is 11.7. The Hall–Kier alpha value is -2.93. The molecule has 7 heteroatoms. The molecule has 4 rings (SSSR count). The highest BCUT2D eigenvalue weighted by atomic mass is 16.5. The van der Waals surface area contributed by atoms with E-state index in [4.69, 9.17) is 4.74 Å². The van der Waals surface area contributed by atoms with Crippen LogP contribution in [-0.4, -0.2) is 61.1 Å². The van der Waals surface area contributed by atoms with E-state index in [1.807, 2.05) is 54.4 Å². The van der Waals surface area contributed by atoms with Crippen molar-refractivity contribution in [2.24, 2.45) is 5.92 Å². The second-order valence-electron chi connectivity index (χ2n) is 8.22. The summed E-state index contributed by atoms with van der Waals surface area (Å²) in [5, 5.41) is 3.04. The molecule has 3 heterocycles. The van der Waals surface area contributed by atoms with Crippen LogP contribution in [0.3, 0.4) is 0 Å². The van der Waals surface area contributed by atoms with Crippen LogP contribution in [0.25, 0.3) is 0 Å². The van der Waals surface area contributed by atoms with Crippen molar-refractivity contribution >= 4 is 17.6 Å². The lowest BCUT2D eigenvalue weighted by molar-refractivity contribution is -0.126. The summed E-state index contributed by atoms with van der Waals surface area (Å²) < 4.78 is 5.38. The first-order chi connectivity index (χ1) is 15.1. The molecule has 164 valence electrons. The number of morpholine rings is 1. The molecule has 7 nitrogen and oxygen atoms in total. The number of rotatable bonds is 5. The fourth-order valence-electron chi connectivity index (χ4n) is 4.16. The summed E-state index contributed by atoms with van der Waals surface area (Å²) in [5.41, 5.74) is 2.72. The van der Waals surface area contributed by atoms with Gasteiger partial charge >= 0.3 is 0 Å². The molecular weight excluding hydrogens is 392 g/mol. The van der Waals surface area contributed by atoms with Crippen LogP contribution in [0.2, 0.25) is 0 Å². The van der Waals surface area contributed by atoms with Crippen molar-refractivity contribution in [2.75, 3.05) is 44.3 Å². The quantitative estimate of drug-likeness (QED) is 0.801. The summed E-state index contributed by atoms with van der Waals surface area (Å²) in [6.45, 7) is 6.82. The van der Waals surface area contributed by atoms with Crippen LogP contribution in [0.4, 0.5) is 5.82 Å². The van der Waals surface area contributed by atoms with Gasteiger partial charge in [0, 0.05) is 50.4 Å². The zero-order chi connectivity index (χ0) is 21.6. The maximum absolute atomic E-state index is 12.8. The molecule has 2 aromatic rings. The second kappa shape index (κ2) is 9.92. The van der Waals surface area contributed by atoms with Crippen molar-refractivity contribution in [1.29, 1.82) is 0 Å². The zero-order valence-corrected chi connectivity index (χ0v) is 18.0. The molecule has 0 bridgehead atoms. The minimum Gasteiger partial charge on any atom is -0.378 e. The Kier molecular flexibility index (Phi) is 6.82. The van der Waals surface area contributed by atoms with Crippen LogP contribution in [0.1, 0.15) is 34.3 Å². The van der Waals surface area contributed by atoms with E-state index in [9.17, 15) is 9.59 Å². The van der Waals surface area contributed by atoms with Gasteiger partial charge in [-0.05, 0) is 43.0 Å². The lowest BCUT2D eigenvalue weighted by Crippen LogP contribution is -2.43. The number of benzene rings is 1. The van der Waals surface area contributed by atoms with E-state index in [-0.39, 0.29) is 17.7 Å². The summed E-state index contributed by atoms with van der Waals surface area (Å²) >= 11 is 0. The first-order valence-electron chi connectivity index (χ1n) is 11.0. The van der Waals surface area contributed by atoms with E-state index in [1.54, 1.807) is 0 Å². The first-order valence-corrected chi connectivity index (χ1v) is 11.0. The van der Waals surface area contributed by atoms with Gasteiger partial charge in [-0.1, -0.05) is 24.3 Å². The number of hydrogen-bond acceptors (Lipinski definition) is 5. The Morgan fingerprint density at radius 2 is 1.81 bits per heavy atom. The van der Waals surface area contributed by atoms with Gasteiger partial charge in [-0.25, -0.2) is 4.98 Å². The summed E-state index contributed by atoms with van der Waals surface area (Å²) in [4.78, 5) is 34.0. The number of anilines is 1. The van der Waals surface area contributed by atoms with Gasteiger partial charge in [0.05, 0.1) is 13.2 Å². The Labute approximate surface area is 183 Å². The lowest BCUT2D eigenvalue weighted by Gasteiger charge is -2.31. The number of piperidine rings is 1. The van der Waals surface area contributed by atoms with Crippen LogP contribution < -0.4 is 10.2 Å². The molecule has 2 saturated heterocycles. The van der Waals surface area contributed by atoms with E-state index in [1.165, 1.54) is 0 Å². The van der Waals surface area contributed by atoms with Gasteiger partial charge in [-0.3, -0.25) is 9.59 Å². The highest BCUT2D eigenvalue weighted by Gasteiger charge is 2.28. The predicted octanol–water partition coefficient (Wildman–Crippen LogP) is 2.40. The van der Waals surface area contributed by atoms with Crippen molar-refractivity contribution in [2.45, 2.75) is 26.3 Å². The van der Waals surface area contributed by atoms with Crippen molar-refractivity contribution in [1.82, 2.24) is 15.2 Å². The molecule has 1 N–H and O–H groups in total. The number of likely N-dealkylation sites (tertiary alicyclic amines) is 1. The molecule has 0 saturated carbocycles. The number of carbonyl (C=O) groups is 2. The molecule has 2 aliphatic heterocycles. The average molecular weight is 423 g/mol. The Morgan fingerprint density at radius 3 is 2.48 bits per heavy atom. The van der Waals surface area contributed by atoms with Crippen LogP contribution in [0, 0.1) is 12.8 Å². The van der Waals surface area contributed by atoms with E-state index in [2.05, 4.69) is 15.2 Å². The fourth-order valence-corrected chi connectivity index (χ4v) is 4.16. The fraction of sp³-hybridized carbons (Fsp3) is 0.458. The van der Waals surface area contributed by atoms with E-state index in [0.29, 0.717) is 32.5 Å². The number of aromatic nitrogens is 1. The third-order valence-electron chi connectivity index (χ3n) is 6.14. The van der Waals surface area contributed by atoms with Gasteiger partial charge in [0.15, 0.2) is 0 Å². The maximum atomic E-state index is 12.8. The molecule has 0 spiro atoms. The number of ether oxygens (including phenoxy) is 1. The first kappa shape index (κ1) is 21.3. The monoisotopic (exact) mass is 422 g/mol. The lowest BCUT2D eigenvalue weighted by atomic mass is 9.95. The largest absolute Gasteiger partial charge is 0.378 e. The van der Waals surface area contributed by atoms with E-state index < -0.39 is 0 Å². The number of nitrogens with zero attached hydrogens (tertiary/aromatic N) is 3. The zero-order valence-electron chi connectivity index (χ0n) is 18.0. The standard InChI is InChI=1S/C24H30N4O3/c1-18-4-2-3-5-21(18)24(30)28-10-8-20(9-11-28)23(29)26-17-19-6-7-22(25-16-19)27-12-14-31-15-13-27/h2-7,16,20H,8-15,17H2,1H3,(H,26,29). The molecule has 2 fully saturated rings. The molecule has 2 amide bonds. The van der Waals surface area contributed by atoms with Crippen molar-refractivity contribution in [3.05, 3.63) is 59.3 Å². The van der Waals surface area contributed by atoms with Gasteiger partial charge < -0.3 is 19.9 Å². The highest BCUT2D eigenvalue weighted by Crippen LogP contribution is 2.21. The molecule has 31 heavy (non-hydrogen) atoms. The van der Waals surface area contributed by atoms with Gasteiger partial charge in [-0.15, -0.1) is 0 Å². The number of aryl methyl sites for hydroxylation is 1. The van der Waals surface area contributed by atoms with Crippen molar-refractivity contribution < 1.29 is 14.3 Å². The maximum Gasteiger partial charge on any atom is 0.254 e. The van der Waals surface area contributed by atoms with Gasteiger partial charge in [0.2, 0.25) is 5.91 Å². The minimum absolute atomic E-state index is 0.0542. The molecule has 2 aliphatic rings. The molecule has 0 radical (unpaired) electrons. The van der Waals surface area contributed by atoms with Crippen LogP contribution >= 0.6 is 0 Å². The smallest absolute Gasteiger partial charge is 0.254 e.